The normalized spacial score (nSPS) is 15.8. The molecule has 0 atom stereocenters. The van der Waals surface area contributed by atoms with Gasteiger partial charge in [-0.2, -0.15) is 4.98 Å². The van der Waals surface area contributed by atoms with E-state index in [1.54, 1.807) is 20.4 Å². The standard InChI is InChI=1S/C34H44ClN8O3P/c1-5-6-7-12-32(44)38-27-21-28(30(46-2)22-29(27)43-17-13-24(14-18-43)42-19-15-36-16-20-42)40-34-37-23-25(35)33(41-34)39-26-10-8-9-11-31(26)47(3,4)45/h8-11,21-24,36H,5-6,13-20H2,1-4H3,(H,38,44)(H2,37,39,40,41). The summed E-state index contributed by atoms with van der Waals surface area (Å²) in [6.45, 7) is 11.4. The SMILES string of the molecule is CCCC#CC(=O)Nc1cc(Nc2ncc(Cl)c(Nc3ccccc3P(C)(C)=O)n2)c(OC)cc1N1CCC(N2CCNCC2)CC1. The van der Waals surface area contributed by atoms with Gasteiger partial charge in [-0.25, -0.2) is 4.98 Å². The number of carbonyl (C=O) groups excluding carboxylic acids is 1. The van der Waals surface area contributed by atoms with Crippen LogP contribution in [0.5, 0.6) is 5.75 Å². The Bertz CT molecular complexity index is 1670. The van der Waals surface area contributed by atoms with Gasteiger partial charge in [0.25, 0.3) is 5.91 Å². The second-order valence-corrected chi connectivity index (χ2v) is 15.7. The van der Waals surface area contributed by atoms with Gasteiger partial charge in [-0.3, -0.25) is 9.69 Å². The summed E-state index contributed by atoms with van der Waals surface area (Å²) >= 11 is 6.49. The molecule has 1 amide bonds. The van der Waals surface area contributed by atoms with Crippen molar-refractivity contribution in [2.45, 2.75) is 38.6 Å². The molecule has 0 aliphatic carbocycles. The van der Waals surface area contributed by atoms with Gasteiger partial charge in [0.15, 0.2) is 5.82 Å². The number of amides is 1. The Labute approximate surface area is 282 Å². The molecular weight excluding hydrogens is 635 g/mol. The van der Waals surface area contributed by atoms with Crippen molar-refractivity contribution in [3.63, 3.8) is 0 Å². The van der Waals surface area contributed by atoms with Crippen LogP contribution in [-0.4, -0.2) is 86.5 Å². The fourth-order valence-electron chi connectivity index (χ4n) is 5.95. The molecular formula is C34H44ClN8O3P. The van der Waals surface area contributed by atoms with E-state index in [0.717, 1.165) is 64.2 Å². The average Bonchev–Trinajstić information content (AvgIpc) is 3.07. The molecule has 2 aliphatic rings. The van der Waals surface area contributed by atoms with Crippen LogP contribution in [0, 0.1) is 11.8 Å². The third-order valence-electron chi connectivity index (χ3n) is 8.34. The average molecular weight is 679 g/mol. The van der Waals surface area contributed by atoms with Gasteiger partial charge in [0.2, 0.25) is 5.95 Å². The highest BCUT2D eigenvalue weighted by Crippen LogP contribution is 2.41. The Morgan fingerprint density at radius 3 is 2.53 bits per heavy atom. The molecule has 3 aromatic rings. The van der Waals surface area contributed by atoms with Crippen molar-refractivity contribution < 1.29 is 14.1 Å². The molecule has 3 heterocycles. The highest BCUT2D eigenvalue weighted by atomic mass is 35.5. The number of hydrogen-bond donors (Lipinski definition) is 4. The van der Waals surface area contributed by atoms with E-state index in [-0.39, 0.29) is 11.9 Å². The van der Waals surface area contributed by atoms with E-state index in [2.05, 4.69) is 52.9 Å². The minimum atomic E-state index is -2.57. The summed E-state index contributed by atoms with van der Waals surface area (Å²) in [5, 5.41) is 13.9. The first-order chi connectivity index (χ1) is 22.7. The maximum atomic E-state index is 12.9. The highest BCUT2D eigenvalue weighted by molar-refractivity contribution is 7.70. The number of hydrogen-bond acceptors (Lipinski definition) is 10. The summed E-state index contributed by atoms with van der Waals surface area (Å²) in [5.41, 5.74) is 2.71. The summed E-state index contributed by atoms with van der Waals surface area (Å²) in [4.78, 5) is 26.8. The maximum Gasteiger partial charge on any atom is 0.300 e. The summed E-state index contributed by atoms with van der Waals surface area (Å²) in [6.07, 6.45) is 5.10. The molecule has 2 aliphatic heterocycles. The number of nitrogens with one attached hydrogen (secondary N) is 4. The Morgan fingerprint density at radius 1 is 1.09 bits per heavy atom. The van der Waals surface area contributed by atoms with Gasteiger partial charge in [0.1, 0.15) is 17.9 Å². The number of unbranched alkanes of at least 4 members (excludes halogenated alkanes) is 1. The van der Waals surface area contributed by atoms with E-state index < -0.39 is 7.14 Å². The number of anilines is 6. The molecule has 11 nitrogen and oxygen atoms in total. The van der Waals surface area contributed by atoms with Crippen molar-refractivity contribution in [3.05, 3.63) is 47.6 Å². The van der Waals surface area contributed by atoms with Crippen LogP contribution in [0.2, 0.25) is 5.02 Å². The Morgan fingerprint density at radius 2 is 1.83 bits per heavy atom. The number of rotatable bonds is 10. The third kappa shape index (κ3) is 8.96. The van der Waals surface area contributed by atoms with Gasteiger partial charge < -0.3 is 35.5 Å². The molecule has 250 valence electrons. The molecule has 2 aromatic carbocycles. The van der Waals surface area contributed by atoms with Crippen LogP contribution < -0.4 is 36.2 Å². The van der Waals surface area contributed by atoms with Gasteiger partial charge >= 0.3 is 0 Å². The second kappa shape index (κ2) is 15.9. The number of nitrogens with zero attached hydrogens (tertiary/aromatic N) is 4. The number of methoxy groups -OCH3 is 1. The lowest BCUT2D eigenvalue weighted by atomic mass is 10.0. The monoisotopic (exact) mass is 678 g/mol. The molecule has 2 fully saturated rings. The minimum absolute atomic E-state index is 0.258. The highest BCUT2D eigenvalue weighted by Gasteiger charge is 2.28. The van der Waals surface area contributed by atoms with Crippen molar-refractivity contribution in [1.29, 1.82) is 0 Å². The number of halogens is 1. The van der Waals surface area contributed by atoms with E-state index in [1.165, 1.54) is 6.20 Å². The molecule has 2 saturated heterocycles. The fraction of sp³-hybridized carbons (Fsp3) is 0.441. The van der Waals surface area contributed by atoms with E-state index in [9.17, 15) is 9.36 Å². The largest absolute Gasteiger partial charge is 0.494 e. The van der Waals surface area contributed by atoms with Crippen LogP contribution >= 0.6 is 18.7 Å². The molecule has 0 spiro atoms. The van der Waals surface area contributed by atoms with E-state index in [4.69, 9.17) is 16.3 Å². The third-order valence-corrected chi connectivity index (χ3v) is 10.2. The number of ether oxygens (including phenoxy) is 1. The zero-order chi connectivity index (χ0) is 33.4. The summed E-state index contributed by atoms with van der Waals surface area (Å²) in [6, 6.07) is 11.7. The number of piperazine rings is 1. The molecule has 13 heteroatoms. The van der Waals surface area contributed by atoms with Gasteiger partial charge in [-0.05, 0) is 56.7 Å². The predicted molar refractivity (Wildman–Crippen MR) is 193 cm³/mol. The fourth-order valence-corrected chi connectivity index (χ4v) is 7.24. The summed E-state index contributed by atoms with van der Waals surface area (Å²) in [7, 11) is -0.967. The Hall–Kier alpha value is -3.81. The summed E-state index contributed by atoms with van der Waals surface area (Å²) in [5.74, 6) is 6.45. The zero-order valence-electron chi connectivity index (χ0n) is 27.5. The quantitative estimate of drug-likeness (QED) is 0.162. The van der Waals surface area contributed by atoms with Crippen LogP contribution in [0.25, 0.3) is 0 Å². The predicted octanol–water partition coefficient (Wildman–Crippen LogP) is 5.49. The maximum absolute atomic E-state index is 12.9. The first-order valence-corrected chi connectivity index (χ1v) is 19.1. The van der Waals surface area contributed by atoms with E-state index >= 15 is 0 Å². The van der Waals surface area contributed by atoms with Gasteiger partial charge in [-0.15, -0.1) is 0 Å². The Kier molecular flexibility index (Phi) is 11.6. The minimum Gasteiger partial charge on any atom is -0.494 e. The van der Waals surface area contributed by atoms with Crippen LogP contribution in [0.4, 0.5) is 34.5 Å². The molecule has 0 bridgehead atoms. The van der Waals surface area contributed by atoms with Gasteiger partial charge in [0.05, 0.1) is 36.1 Å². The molecule has 0 unspecified atom stereocenters. The van der Waals surface area contributed by atoms with Crippen molar-refractivity contribution in [1.82, 2.24) is 20.2 Å². The Balaban J connectivity index is 1.42. The van der Waals surface area contributed by atoms with Crippen LogP contribution in [0.15, 0.2) is 42.6 Å². The number of piperidine rings is 1. The smallest absolute Gasteiger partial charge is 0.300 e. The van der Waals surface area contributed by atoms with Gasteiger partial charge in [-0.1, -0.05) is 36.6 Å². The van der Waals surface area contributed by atoms with Crippen molar-refractivity contribution in [2.24, 2.45) is 0 Å². The molecule has 0 saturated carbocycles. The lowest BCUT2D eigenvalue weighted by Crippen LogP contribution is -2.52. The van der Waals surface area contributed by atoms with Crippen LogP contribution in [0.1, 0.15) is 32.6 Å². The van der Waals surface area contributed by atoms with Gasteiger partial charge in [0, 0.05) is 63.1 Å². The number of para-hydroxylation sites is 1. The first-order valence-electron chi connectivity index (χ1n) is 16.1. The number of carbonyl (C=O) groups is 1. The molecule has 5 rings (SSSR count). The second-order valence-electron chi connectivity index (χ2n) is 12.1. The van der Waals surface area contributed by atoms with Crippen LogP contribution in [-0.2, 0) is 9.36 Å². The van der Waals surface area contributed by atoms with Crippen molar-refractivity contribution >= 4 is 64.5 Å². The topological polar surface area (TPSA) is 124 Å². The number of aromatic nitrogens is 2. The van der Waals surface area contributed by atoms with Crippen LogP contribution in [0.3, 0.4) is 0 Å². The summed E-state index contributed by atoms with van der Waals surface area (Å²) < 4.78 is 18.8. The molecule has 4 N–H and O–H groups in total. The van der Waals surface area contributed by atoms with Crippen molar-refractivity contribution in [3.8, 4) is 17.6 Å². The number of benzene rings is 2. The molecule has 0 radical (unpaired) electrons. The van der Waals surface area contributed by atoms with E-state index in [1.807, 2.05) is 43.3 Å². The molecule has 47 heavy (non-hydrogen) atoms. The van der Waals surface area contributed by atoms with E-state index in [0.29, 0.717) is 51.4 Å². The zero-order valence-corrected chi connectivity index (χ0v) is 29.2. The lowest BCUT2D eigenvalue weighted by molar-refractivity contribution is -0.111. The van der Waals surface area contributed by atoms with Crippen molar-refractivity contribution in [2.75, 3.05) is 80.6 Å². The lowest BCUT2D eigenvalue weighted by Gasteiger charge is -2.41. The molecule has 1 aromatic heterocycles. The first kappa shape index (κ1) is 34.5.